The van der Waals surface area contributed by atoms with Gasteiger partial charge in [-0.1, -0.05) is 0 Å². The zero-order valence-electron chi connectivity index (χ0n) is 12.4. The molecular weight excluding hydrogens is 304 g/mol. The van der Waals surface area contributed by atoms with Gasteiger partial charge in [-0.25, -0.2) is 18.1 Å². The molecule has 1 saturated heterocycles. The Morgan fingerprint density at radius 1 is 1.41 bits per heavy atom. The van der Waals surface area contributed by atoms with Gasteiger partial charge >= 0.3 is 0 Å². The summed E-state index contributed by atoms with van der Waals surface area (Å²) in [4.78, 5) is 18.2. The molecule has 1 saturated carbocycles. The van der Waals surface area contributed by atoms with Crippen LogP contribution >= 0.6 is 0 Å². The van der Waals surface area contributed by atoms with Gasteiger partial charge in [-0.2, -0.15) is 0 Å². The number of nitrogens with two attached hydrogens (primary N) is 1. The van der Waals surface area contributed by atoms with Gasteiger partial charge in [0, 0.05) is 30.9 Å². The van der Waals surface area contributed by atoms with E-state index in [1.54, 1.807) is 17.0 Å². The summed E-state index contributed by atoms with van der Waals surface area (Å²) in [5.41, 5.74) is 6.11. The fourth-order valence-electron chi connectivity index (χ4n) is 3.16. The lowest BCUT2D eigenvalue weighted by atomic mass is 9.99. The number of rotatable bonds is 4. The van der Waals surface area contributed by atoms with Gasteiger partial charge in [0.15, 0.2) is 0 Å². The topological polar surface area (TPSA) is 105 Å². The Labute approximate surface area is 129 Å². The first-order chi connectivity index (χ1) is 10.3. The first-order valence-electron chi connectivity index (χ1n) is 7.31. The average Bonchev–Trinajstić information content (AvgIpc) is 3.18. The number of likely N-dealkylation sites (tertiary alicyclic amines) is 1. The molecule has 1 aromatic heterocycles. The van der Waals surface area contributed by atoms with Crippen LogP contribution in [0.2, 0.25) is 0 Å². The summed E-state index contributed by atoms with van der Waals surface area (Å²) in [6.07, 6.45) is 4.88. The Morgan fingerprint density at radius 2 is 2.14 bits per heavy atom. The Kier molecular flexibility index (Phi) is 3.82. The molecule has 120 valence electrons. The lowest BCUT2D eigenvalue weighted by molar-refractivity contribution is 0.0784. The first-order valence-corrected chi connectivity index (χ1v) is 9.21. The molecule has 0 spiro atoms. The summed E-state index contributed by atoms with van der Waals surface area (Å²) in [7, 11) is -3.28. The van der Waals surface area contributed by atoms with Crippen molar-refractivity contribution in [3.8, 4) is 0 Å². The van der Waals surface area contributed by atoms with Crippen molar-refractivity contribution in [1.82, 2.24) is 14.6 Å². The van der Waals surface area contributed by atoms with Gasteiger partial charge in [-0.05, 0) is 36.8 Å². The van der Waals surface area contributed by atoms with Crippen molar-refractivity contribution in [1.29, 1.82) is 0 Å². The minimum absolute atomic E-state index is 0.127. The zero-order valence-corrected chi connectivity index (χ0v) is 13.2. The van der Waals surface area contributed by atoms with E-state index in [1.807, 2.05) is 0 Å². The minimum atomic E-state index is -3.28. The lowest BCUT2D eigenvalue weighted by Crippen LogP contribution is -2.41. The van der Waals surface area contributed by atoms with Crippen molar-refractivity contribution >= 4 is 21.7 Å². The second-order valence-electron chi connectivity index (χ2n) is 6.18. The lowest BCUT2D eigenvalue weighted by Gasteiger charge is -2.17. The molecule has 0 aromatic carbocycles. The molecule has 3 N–H and O–H groups in total. The molecule has 0 bridgehead atoms. The number of pyridine rings is 1. The molecule has 22 heavy (non-hydrogen) atoms. The number of hydrogen-bond acceptors (Lipinski definition) is 5. The van der Waals surface area contributed by atoms with Crippen LogP contribution in [0.4, 0.5) is 5.82 Å². The molecule has 0 radical (unpaired) electrons. The number of hydrogen-bond donors (Lipinski definition) is 2. The van der Waals surface area contributed by atoms with Crippen LogP contribution in [0.5, 0.6) is 0 Å². The van der Waals surface area contributed by atoms with E-state index in [1.165, 1.54) is 6.20 Å². The summed E-state index contributed by atoms with van der Waals surface area (Å²) in [6, 6.07) is 2.97. The summed E-state index contributed by atoms with van der Waals surface area (Å²) in [5.74, 6) is 0.879. The molecule has 2 heterocycles. The van der Waals surface area contributed by atoms with Gasteiger partial charge in [0.05, 0.1) is 6.26 Å². The van der Waals surface area contributed by atoms with E-state index in [-0.39, 0.29) is 17.9 Å². The monoisotopic (exact) mass is 324 g/mol. The molecule has 1 amide bonds. The Balaban J connectivity index is 1.76. The third-order valence-electron chi connectivity index (χ3n) is 4.27. The highest BCUT2D eigenvalue weighted by atomic mass is 32.2. The van der Waals surface area contributed by atoms with E-state index < -0.39 is 10.0 Å². The van der Waals surface area contributed by atoms with Crippen LogP contribution < -0.4 is 10.5 Å². The fourth-order valence-corrected chi connectivity index (χ4v) is 3.96. The quantitative estimate of drug-likeness (QED) is 0.815. The van der Waals surface area contributed by atoms with Crippen LogP contribution in [0.3, 0.4) is 0 Å². The smallest absolute Gasteiger partial charge is 0.254 e. The molecule has 8 heteroatoms. The highest BCUT2D eigenvalue weighted by Crippen LogP contribution is 2.41. The van der Waals surface area contributed by atoms with Gasteiger partial charge in [0.25, 0.3) is 5.91 Å². The molecular formula is C14H20N4O3S. The molecule has 2 aliphatic rings. The number of amides is 1. The van der Waals surface area contributed by atoms with Crippen LogP contribution in [0, 0.1) is 11.8 Å². The number of nitrogens with one attached hydrogen (secondary N) is 1. The number of carbonyl (C=O) groups excluding carboxylic acids is 1. The van der Waals surface area contributed by atoms with Gasteiger partial charge in [-0.3, -0.25) is 4.79 Å². The average molecular weight is 324 g/mol. The third kappa shape index (κ3) is 3.38. The standard InChI is InChI=1S/C14H20N4O3S/c1-22(20,21)17-12-8-18(7-11(12)9-2-3-9)14(19)10-4-5-16-13(15)6-10/h4-6,9,11-12,17H,2-3,7-8H2,1H3,(H2,15,16)/t11-,12+/m0/s1. The molecule has 1 aromatic rings. The maximum absolute atomic E-state index is 12.6. The SMILES string of the molecule is CS(=O)(=O)N[C@@H]1CN(C(=O)c2ccnc(N)c2)C[C@H]1C1CC1. The third-order valence-corrected chi connectivity index (χ3v) is 5.00. The Morgan fingerprint density at radius 3 is 2.73 bits per heavy atom. The number of sulfonamides is 1. The van der Waals surface area contributed by atoms with Crippen LogP contribution in [0.1, 0.15) is 23.2 Å². The minimum Gasteiger partial charge on any atom is -0.384 e. The van der Waals surface area contributed by atoms with Crippen molar-refractivity contribution < 1.29 is 13.2 Å². The highest BCUT2D eigenvalue weighted by Gasteiger charge is 2.44. The second kappa shape index (κ2) is 5.51. The van der Waals surface area contributed by atoms with Gasteiger partial charge in [-0.15, -0.1) is 0 Å². The number of nitrogens with zero attached hydrogens (tertiary/aromatic N) is 2. The van der Waals surface area contributed by atoms with Crippen molar-refractivity contribution in [2.75, 3.05) is 25.1 Å². The van der Waals surface area contributed by atoms with E-state index >= 15 is 0 Å². The maximum Gasteiger partial charge on any atom is 0.254 e. The Bertz CT molecular complexity index is 687. The molecule has 2 fully saturated rings. The predicted octanol–water partition coefficient (Wildman–Crippen LogP) is 0.0636. The van der Waals surface area contributed by atoms with Crippen molar-refractivity contribution in [2.45, 2.75) is 18.9 Å². The molecule has 1 aliphatic heterocycles. The van der Waals surface area contributed by atoms with E-state index in [0.29, 0.717) is 30.4 Å². The summed E-state index contributed by atoms with van der Waals surface area (Å²) in [6.45, 7) is 0.980. The van der Waals surface area contributed by atoms with E-state index in [9.17, 15) is 13.2 Å². The number of carbonyl (C=O) groups is 1. The van der Waals surface area contributed by atoms with Crippen LogP contribution in [0.15, 0.2) is 18.3 Å². The summed E-state index contributed by atoms with van der Waals surface area (Å²) >= 11 is 0. The number of nitrogen functional groups attached to an aromatic ring is 1. The first kappa shape index (κ1) is 15.2. The summed E-state index contributed by atoms with van der Waals surface area (Å²) in [5, 5.41) is 0. The fraction of sp³-hybridized carbons (Fsp3) is 0.571. The number of anilines is 1. The van der Waals surface area contributed by atoms with Crippen molar-refractivity contribution in [2.24, 2.45) is 11.8 Å². The Hall–Kier alpha value is -1.67. The molecule has 0 unspecified atom stereocenters. The molecule has 3 rings (SSSR count). The van der Waals surface area contributed by atoms with E-state index in [0.717, 1.165) is 19.1 Å². The zero-order chi connectivity index (χ0) is 15.9. The van der Waals surface area contributed by atoms with Crippen LogP contribution in [-0.4, -0.2) is 49.6 Å². The largest absolute Gasteiger partial charge is 0.384 e. The van der Waals surface area contributed by atoms with Crippen LogP contribution in [-0.2, 0) is 10.0 Å². The van der Waals surface area contributed by atoms with Crippen molar-refractivity contribution in [3.63, 3.8) is 0 Å². The van der Waals surface area contributed by atoms with Crippen LogP contribution in [0.25, 0.3) is 0 Å². The normalized spacial score (nSPS) is 25.4. The number of aromatic nitrogens is 1. The predicted molar refractivity (Wildman–Crippen MR) is 82.5 cm³/mol. The second-order valence-corrected chi connectivity index (χ2v) is 7.96. The van der Waals surface area contributed by atoms with Gasteiger partial charge < -0.3 is 10.6 Å². The molecule has 2 atom stereocenters. The van der Waals surface area contributed by atoms with Gasteiger partial charge in [0.1, 0.15) is 5.82 Å². The van der Waals surface area contributed by atoms with E-state index in [4.69, 9.17) is 5.73 Å². The van der Waals surface area contributed by atoms with E-state index in [2.05, 4.69) is 9.71 Å². The summed E-state index contributed by atoms with van der Waals surface area (Å²) < 4.78 is 25.7. The maximum atomic E-state index is 12.6. The molecule has 1 aliphatic carbocycles. The van der Waals surface area contributed by atoms with Crippen molar-refractivity contribution in [3.05, 3.63) is 23.9 Å². The van der Waals surface area contributed by atoms with Gasteiger partial charge in [0.2, 0.25) is 10.0 Å². The molecule has 7 nitrogen and oxygen atoms in total. The highest BCUT2D eigenvalue weighted by molar-refractivity contribution is 7.88.